The van der Waals surface area contributed by atoms with Gasteiger partial charge >= 0.3 is 0 Å². The van der Waals surface area contributed by atoms with Gasteiger partial charge in [-0.25, -0.2) is 0 Å². The molecule has 2 N–H and O–H groups in total. The van der Waals surface area contributed by atoms with Crippen LogP contribution in [0.5, 0.6) is 0 Å². The zero-order chi connectivity index (χ0) is 13.5. The zero-order valence-corrected chi connectivity index (χ0v) is 10.8. The molecule has 0 unspecified atom stereocenters. The maximum atomic E-state index is 5.71. The number of hydrogen-bond donors (Lipinski definition) is 1. The van der Waals surface area contributed by atoms with Crippen molar-refractivity contribution in [2.24, 2.45) is 0 Å². The Kier molecular flexibility index (Phi) is 4.88. The summed E-state index contributed by atoms with van der Waals surface area (Å²) in [5, 5.41) is 3.90. The van der Waals surface area contributed by atoms with E-state index in [1.54, 1.807) is 13.2 Å². The van der Waals surface area contributed by atoms with Crippen molar-refractivity contribution >= 4 is 5.69 Å². The van der Waals surface area contributed by atoms with E-state index in [1.165, 1.54) is 0 Å². The van der Waals surface area contributed by atoms with Crippen LogP contribution in [0.4, 0.5) is 5.69 Å². The molecule has 0 atom stereocenters. The van der Waals surface area contributed by atoms with E-state index in [-0.39, 0.29) is 0 Å². The zero-order valence-electron chi connectivity index (χ0n) is 10.8. The maximum Gasteiger partial charge on any atom is 0.257 e. The molecule has 0 saturated carbocycles. The van der Waals surface area contributed by atoms with E-state index in [0.717, 1.165) is 5.56 Å². The summed E-state index contributed by atoms with van der Waals surface area (Å²) >= 11 is 0. The minimum atomic E-state index is 0.471. The molecule has 1 aromatic heterocycles. The third kappa shape index (κ3) is 4.04. The van der Waals surface area contributed by atoms with Gasteiger partial charge in [-0.1, -0.05) is 11.2 Å². The van der Waals surface area contributed by atoms with E-state index < -0.39 is 0 Å². The number of nitrogens with two attached hydrogens (primary N) is 1. The summed E-state index contributed by atoms with van der Waals surface area (Å²) in [5.41, 5.74) is 7.19. The van der Waals surface area contributed by atoms with Crippen LogP contribution in [-0.2, 0) is 15.9 Å². The highest BCUT2D eigenvalue weighted by atomic mass is 16.5. The van der Waals surface area contributed by atoms with Crippen LogP contribution in [0.2, 0.25) is 0 Å². The Hall–Kier alpha value is -1.92. The molecule has 0 saturated heterocycles. The average molecular weight is 263 g/mol. The number of methoxy groups -OCH3 is 1. The van der Waals surface area contributed by atoms with Crippen LogP contribution in [0.3, 0.4) is 0 Å². The van der Waals surface area contributed by atoms with Crippen molar-refractivity contribution < 1.29 is 14.0 Å². The first-order chi connectivity index (χ1) is 9.29. The van der Waals surface area contributed by atoms with Crippen molar-refractivity contribution in [1.82, 2.24) is 10.1 Å². The Morgan fingerprint density at radius 3 is 2.95 bits per heavy atom. The first kappa shape index (κ1) is 13.5. The lowest BCUT2D eigenvalue weighted by Gasteiger charge is -2.00. The van der Waals surface area contributed by atoms with Crippen LogP contribution in [0.25, 0.3) is 11.5 Å². The highest BCUT2D eigenvalue weighted by Crippen LogP contribution is 2.19. The number of nitrogens with zero attached hydrogens (tertiary/aromatic N) is 2. The molecule has 0 aliphatic heterocycles. The third-order valence-electron chi connectivity index (χ3n) is 2.50. The molecule has 6 nitrogen and oxygen atoms in total. The number of aromatic nitrogens is 2. The Balaban J connectivity index is 1.88. The molecular formula is C13H17N3O3. The summed E-state index contributed by atoms with van der Waals surface area (Å²) in [6.07, 6.45) is 0.607. The van der Waals surface area contributed by atoms with E-state index in [0.29, 0.717) is 43.6 Å². The molecular weight excluding hydrogens is 246 g/mol. The number of anilines is 1. The largest absolute Gasteiger partial charge is 0.399 e. The van der Waals surface area contributed by atoms with E-state index >= 15 is 0 Å². The third-order valence-corrected chi connectivity index (χ3v) is 2.50. The lowest BCUT2D eigenvalue weighted by Crippen LogP contribution is -2.05. The fourth-order valence-electron chi connectivity index (χ4n) is 1.55. The van der Waals surface area contributed by atoms with Crippen molar-refractivity contribution in [2.75, 3.05) is 32.7 Å². The van der Waals surface area contributed by atoms with Crippen LogP contribution in [0, 0.1) is 0 Å². The highest BCUT2D eigenvalue weighted by molar-refractivity contribution is 5.59. The van der Waals surface area contributed by atoms with Gasteiger partial charge in [0.1, 0.15) is 0 Å². The molecule has 0 fully saturated rings. The molecule has 0 bridgehead atoms. The van der Waals surface area contributed by atoms with E-state index in [4.69, 9.17) is 19.7 Å². The second-order valence-corrected chi connectivity index (χ2v) is 4.00. The van der Waals surface area contributed by atoms with Crippen molar-refractivity contribution in [3.63, 3.8) is 0 Å². The average Bonchev–Trinajstić information content (AvgIpc) is 2.87. The summed E-state index contributed by atoms with van der Waals surface area (Å²) < 4.78 is 15.4. The fourth-order valence-corrected chi connectivity index (χ4v) is 1.55. The molecule has 1 aromatic carbocycles. The standard InChI is InChI=1S/C13H17N3O3/c1-17-7-8-18-6-5-12-15-13(19-16-12)10-3-2-4-11(14)9-10/h2-4,9H,5-8,14H2,1H3. The minimum absolute atomic E-state index is 0.471. The van der Waals surface area contributed by atoms with E-state index in [1.807, 2.05) is 18.2 Å². The Labute approximate surface area is 111 Å². The Bertz CT molecular complexity index is 513. The quantitative estimate of drug-likeness (QED) is 0.602. The summed E-state index contributed by atoms with van der Waals surface area (Å²) in [4.78, 5) is 4.29. The molecule has 0 aliphatic carbocycles. The smallest absolute Gasteiger partial charge is 0.257 e. The van der Waals surface area contributed by atoms with Crippen LogP contribution >= 0.6 is 0 Å². The normalized spacial score (nSPS) is 10.8. The van der Waals surface area contributed by atoms with Crippen molar-refractivity contribution in [3.05, 3.63) is 30.1 Å². The molecule has 1 heterocycles. The molecule has 102 valence electrons. The second kappa shape index (κ2) is 6.86. The maximum absolute atomic E-state index is 5.71. The van der Waals surface area contributed by atoms with Crippen molar-refractivity contribution in [2.45, 2.75) is 6.42 Å². The van der Waals surface area contributed by atoms with Crippen molar-refractivity contribution in [1.29, 1.82) is 0 Å². The first-order valence-electron chi connectivity index (χ1n) is 6.05. The molecule has 2 rings (SSSR count). The number of hydrogen-bond acceptors (Lipinski definition) is 6. The summed E-state index contributed by atoms with van der Waals surface area (Å²) in [7, 11) is 1.64. The molecule has 2 aromatic rings. The highest BCUT2D eigenvalue weighted by Gasteiger charge is 2.08. The molecule has 6 heteroatoms. The minimum Gasteiger partial charge on any atom is -0.399 e. The monoisotopic (exact) mass is 263 g/mol. The molecule has 0 spiro atoms. The number of rotatable bonds is 7. The van der Waals surface area contributed by atoms with Gasteiger partial charge in [0, 0.05) is 24.8 Å². The van der Waals surface area contributed by atoms with Gasteiger partial charge in [-0.15, -0.1) is 0 Å². The van der Waals surface area contributed by atoms with Gasteiger partial charge in [0.2, 0.25) is 0 Å². The van der Waals surface area contributed by atoms with Gasteiger partial charge in [0.25, 0.3) is 5.89 Å². The van der Waals surface area contributed by atoms with Crippen LogP contribution < -0.4 is 5.73 Å². The predicted octanol–water partition coefficient (Wildman–Crippen LogP) is 1.52. The molecule has 0 radical (unpaired) electrons. The summed E-state index contributed by atoms with van der Waals surface area (Å²) in [6, 6.07) is 7.34. The van der Waals surface area contributed by atoms with E-state index in [9.17, 15) is 0 Å². The van der Waals surface area contributed by atoms with E-state index in [2.05, 4.69) is 10.1 Å². The van der Waals surface area contributed by atoms with Gasteiger partial charge in [0.15, 0.2) is 5.82 Å². The molecule has 0 amide bonds. The van der Waals surface area contributed by atoms with Gasteiger partial charge < -0.3 is 19.7 Å². The topological polar surface area (TPSA) is 83.4 Å². The summed E-state index contributed by atoms with van der Waals surface area (Å²) in [6.45, 7) is 1.69. The summed E-state index contributed by atoms with van der Waals surface area (Å²) in [5.74, 6) is 1.09. The van der Waals surface area contributed by atoms with Gasteiger partial charge in [-0.05, 0) is 18.2 Å². The van der Waals surface area contributed by atoms with Crippen LogP contribution in [0.15, 0.2) is 28.8 Å². The Morgan fingerprint density at radius 2 is 2.16 bits per heavy atom. The number of ether oxygens (including phenoxy) is 2. The lowest BCUT2D eigenvalue weighted by molar-refractivity contribution is 0.0714. The van der Waals surface area contributed by atoms with Gasteiger partial charge in [-0.3, -0.25) is 0 Å². The Morgan fingerprint density at radius 1 is 1.26 bits per heavy atom. The molecule has 0 aliphatic rings. The van der Waals surface area contributed by atoms with Crippen LogP contribution in [-0.4, -0.2) is 37.1 Å². The van der Waals surface area contributed by atoms with Crippen LogP contribution in [0.1, 0.15) is 5.82 Å². The predicted molar refractivity (Wildman–Crippen MR) is 70.5 cm³/mol. The molecule has 19 heavy (non-hydrogen) atoms. The van der Waals surface area contributed by atoms with Gasteiger partial charge in [-0.2, -0.15) is 4.98 Å². The van der Waals surface area contributed by atoms with Crippen molar-refractivity contribution in [3.8, 4) is 11.5 Å². The number of nitrogen functional groups attached to an aromatic ring is 1. The SMILES string of the molecule is COCCOCCc1noc(-c2cccc(N)c2)n1. The second-order valence-electron chi connectivity index (χ2n) is 4.00. The first-order valence-corrected chi connectivity index (χ1v) is 6.05. The lowest BCUT2D eigenvalue weighted by atomic mass is 10.2. The number of benzene rings is 1. The van der Waals surface area contributed by atoms with Gasteiger partial charge in [0.05, 0.1) is 19.8 Å². The fraction of sp³-hybridized carbons (Fsp3) is 0.385.